The Bertz CT molecular complexity index is 3500. The van der Waals surface area contributed by atoms with Crippen LogP contribution in [0.5, 0.6) is 0 Å². The van der Waals surface area contributed by atoms with E-state index >= 15 is 0 Å². The van der Waals surface area contributed by atoms with Gasteiger partial charge in [-0.3, -0.25) is 4.57 Å². The minimum Gasteiger partial charge on any atom is -0.456 e. The van der Waals surface area contributed by atoms with E-state index in [9.17, 15) is 0 Å². The average molecular weight is 703 g/mol. The van der Waals surface area contributed by atoms with E-state index < -0.39 is 0 Å². The number of furan rings is 1. The molecule has 0 aliphatic rings. The molecule has 4 aromatic heterocycles. The Morgan fingerprint density at radius 1 is 0.382 bits per heavy atom. The van der Waals surface area contributed by atoms with Crippen molar-refractivity contribution in [3.63, 3.8) is 0 Å². The number of hydrogen-bond acceptors (Lipinski definition) is 3. The third-order valence-electron chi connectivity index (χ3n) is 11.1. The molecule has 0 bridgehead atoms. The summed E-state index contributed by atoms with van der Waals surface area (Å²) < 4.78 is 11.0. The fraction of sp³-hybridized carbons (Fsp3) is 0. The van der Waals surface area contributed by atoms with Gasteiger partial charge in [0.05, 0.1) is 33.3 Å². The molecule has 0 unspecified atom stereocenters. The van der Waals surface area contributed by atoms with Crippen molar-refractivity contribution in [1.29, 1.82) is 0 Å². The molecule has 12 aromatic rings. The second kappa shape index (κ2) is 11.5. The highest BCUT2D eigenvalue weighted by atomic mass is 16.3. The molecule has 5 nitrogen and oxygen atoms in total. The molecule has 8 aromatic carbocycles. The van der Waals surface area contributed by atoms with E-state index in [1.54, 1.807) is 0 Å². The first-order valence-corrected chi connectivity index (χ1v) is 18.6. The van der Waals surface area contributed by atoms with Gasteiger partial charge in [0, 0.05) is 49.0 Å². The summed E-state index contributed by atoms with van der Waals surface area (Å²) in [6, 6.07) is 64.2. The molecule has 12 rings (SSSR count). The smallest absolute Gasteiger partial charge is 0.235 e. The summed E-state index contributed by atoms with van der Waals surface area (Å²) in [5, 5.41) is 7.84. The molecule has 0 saturated heterocycles. The number of para-hydroxylation sites is 4. The maximum atomic E-state index is 6.35. The van der Waals surface area contributed by atoms with Gasteiger partial charge in [-0.25, -0.2) is 9.97 Å². The summed E-state index contributed by atoms with van der Waals surface area (Å²) >= 11 is 0. The van der Waals surface area contributed by atoms with Crippen LogP contribution in [0.4, 0.5) is 0 Å². The average Bonchev–Trinajstić information content (AvgIpc) is 3.91. The molecule has 0 atom stereocenters. The van der Waals surface area contributed by atoms with Crippen molar-refractivity contribution in [1.82, 2.24) is 19.1 Å². The molecule has 5 heteroatoms. The first-order valence-electron chi connectivity index (χ1n) is 18.6. The number of hydrogen-bond donors (Lipinski definition) is 0. The third kappa shape index (κ3) is 4.41. The molecule has 0 amide bonds. The lowest BCUT2D eigenvalue weighted by Crippen LogP contribution is -2.03. The van der Waals surface area contributed by atoms with Crippen LogP contribution in [0.2, 0.25) is 0 Å². The third-order valence-corrected chi connectivity index (χ3v) is 11.1. The molecule has 256 valence electrons. The van der Waals surface area contributed by atoms with Crippen LogP contribution in [0, 0.1) is 0 Å². The van der Waals surface area contributed by atoms with E-state index in [-0.39, 0.29) is 0 Å². The van der Waals surface area contributed by atoms with Gasteiger partial charge in [-0.1, -0.05) is 127 Å². The zero-order chi connectivity index (χ0) is 36.0. The van der Waals surface area contributed by atoms with Gasteiger partial charge in [0.1, 0.15) is 11.2 Å². The van der Waals surface area contributed by atoms with Crippen molar-refractivity contribution in [2.75, 3.05) is 0 Å². The van der Waals surface area contributed by atoms with Gasteiger partial charge in [0.25, 0.3) is 0 Å². The van der Waals surface area contributed by atoms with E-state index in [0.29, 0.717) is 5.95 Å². The van der Waals surface area contributed by atoms with Crippen molar-refractivity contribution >= 4 is 76.5 Å². The topological polar surface area (TPSA) is 48.8 Å². The molecule has 0 saturated carbocycles. The highest BCUT2D eigenvalue weighted by Crippen LogP contribution is 2.43. The van der Waals surface area contributed by atoms with Crippen molar-refractivity contribution < 1.29 is 4.42 Å². The van der Waals surface area contributed by atoms with Crippen LogP contribution in [0.25, 0.3) is 110 Å². The van der Waals surface area contributed by atoms with Gasteiger partial charge >= 0.3 is 0 Å². The Labute approximate surface area is 315 Å². The fourth-order valence-electron chi connectivity index (χ4n) is 8.71. The number of rotatable bonds is 4. The van der Waals surface area contributed by atoms with Gasteiger partial charge in [0.2, 0.25) is 5.95 Å². The van der Waals surface area contributed by atoms with Gasteiger partial charge in [0.15, 0.2) is 0 Å². The predicted octanol–water partition coefficient (Wildman–Crippen LogP) is 13.1. The first kappa shape index (κ1) is 30.0. The molecule has 0 aliphatic heterocycles. The molecule has 0 N–H and O–H groups in total. The van der Waals surface area contributed by atoms with Crippen LogP contribution >= 0.6 is 0 Å². The molecule has 0 fully saturated rings. The van der Waals surface area contributed by atoms with Crippen LogP contribution in [-0.4, -0.2) is 19.1 Å². The lowest BCUT2D eigenvalue weighted by molar-refractivity contribution is 0.669. The second-order valence-corrected chi connectivity index (χ2v) is 14.2. The molecule has 0 radical (unpaired) electrons. The van der Waals surface area contributed by atoms with Crippen LogP contribution < -0.4 is 0 Å². The SMILES string of the molecule is c1ccc(-c2cccc(-n3c4ccccc4c4c3ccc3c5ccccc5n(-c5nc(-c6ccc7c(c6)oc6ccccc67)c6ccccc6n5)c34)c2)cc1. The highest BCUT2D eigenvalue weighted by molar-refractivity contribution is 6.26. The normalized spacial score (nSPS) is 12.0. The summed E-state index contributed by atoms with van der Waals surface area (Å²) in [5.74, 6) is 0.625. The monoisotopic (exact) mass is 702 g/mol. The fourth-order valence-corrected chi connectivity index (χ4v) is 8.71. The molecule has 0 spiro atoms. The zero-order valence-corrected chi connectivity index (χ0v) is 29.5. The van der Waals surface area contributed by atoms with E-state index in [4.69, 9.17) is 14.4 Å². The Morgan fingerprint density at radius 2 is 1.05 bits per heavy atom. The van der Waals surface area contributed by atoms with E-state index in [0.717, 1.165) is 88.0 Å². The Morgan fingerprint density at radius 3 is 1.93 bits per heavy atom. The van der Waals surface area contributed by atoms with E-state index in [1.807, 2.05) is 18.2 Å². The number of fused-ring (bicyclic) bond motifs is 11. The largest absolute Gasteiger partial charge is 0.456 e. The predicted molar refractivity (Wildman–Crippen MR) is 226 cm³/mol. The molecular formula is C50H30N4O. The molecule has 55 heavy (non-hydrogen) atoms. The lowest BCUT2D eigenvalue weighted by atomic mass is 10.0. The first-order chi connectivity index (χ1) is 27.3. The molecule has 4 heterocycles. The van der Waals surface area contributed by atoms with Gasteiger partial charge in [-0.05, 0) is 65.7 Å². The van der Waals surface area contributed by atoms with Crippen LogP contribution in [0.15, 0.2) is 186 Å². The summed E-state index contributed by atoms with van der Waals surface area (Å²) in [5.41, 5.74) is 12.3. The van der Waals surface area contributed by atoms with E-state index in [2.05, 4.69) is 173 Å². The van der Waals surface area contributed by atoms with Crippen LogP contribution in [-0.2, 0) is 0 Å². The summed E-state index contributed by atoms with van der Waals surface area (Å²) in [6.45, 7) is 0. The van der Waals surface area contributed by atoms with Crippen LogP contribution in [0.3, 0.4) is 0 Å². The van der Waals surface area contributed by atoms with Gasteiger partial charge in [-0.15, -0.1) is 0 Å². The Kier molecular flexibility index (Phi) is 6.27. The Balaban J connectivity index is 1.17. The summed E-state index contributed by atoms with van der Waals surface area (Å²) in [4.78, 5) is 10.8. The van der Waals surface area contributed by atoms with Crippen molar-refractivity contribution in [3.05, 3.63) is 182 Å². The van der Waals surface area contributed by atoms with E-state index in [1.165, 1.54) is 16.5 Å². The Hall–Kier alpha value is -7.50. The summed E-state index contributed by atoms with van der Waals surface area (Å²) in [6.07, 6.45) is 0. The number of nitrogens with zero attached hydrogens (tertiary/aromatic N) is 4. The highest BCUT2D eigenvalue weighted by Gasteiger charge is 2.23. The van der Waals surface area contributed by atoms with Crippen molar-refractivity contribution in [3.8, 4) is 34.0 Å². The molecule has 0 aliphatic carbocycles. The standard InChI is InChI=1S/C50H30N4O/c1-2-13-31(14-3-1)32-15-12-16-34(29-32)53-43-23-10-6-20-40(43)47-44(53)28-27-38-35-17-5-9-22-42(35)54(49(38)47)50-51-41-21-8-4-19-39(41)48(52-50)33-25-26-37-36-18-7-11-24-45(36)55-46(37)30-33/h1-30H. The minimum absolute atomic E-state index is 0.625. The zero-order valence-electron chi connectivity index (χ0n) is 29.5. The maximum Gasteiger partial charge on any atom is 0.235 e. The second-order valence-electron chi connectivity index (χ2n) is 14.2. The van der Waals surface area contributed by atoms with Crippen LogP contribution in [0.1, 0.15) is 0 Å². The minimum atomic E-state index is 0.625. The lowest BCUT2D eigenvalue weighted by Gasteiger charge is -2.13. The van der Waals surface area contributed by atoms with Crippen molar-refractivity contribution in [2.24, 2.45) is 0 Å². The quantitative estimate of drug-likeness (QED) is 0.183. The molecular weight excluding hydrogens is 673 g/mol. The van der Waals surface area contributed by atoms with Gasteiger partial charge in [-0.2, -0.15) is 0 Å². The number of aromatic nitrogens is 4. The summed E-state index contributed by atoms with van der Waals surface area (Å²) in [7, 11) is 0. The van der Waals surface area contributed by atoms with Crippen molar-refractivity contribution in [2.45, 2.75) is 0 Å². The maximum absolute atomic E-state index is 6.35. The van der Waals surface area contributed by atoms with Gasteiger partial charge < -0.3 is 8.98 Å². The number of benzene rings is 8.